The van der Waals surface area contributed by atoms with Crippen molar-refractivity contribution in [2.45, 2.75) is 23.4 Å². The normalized spacial score (nSPS) is 10.2. The van der Waals surface area contributed by atoms with E-state index < -0.39 is 0 Å². The molecule has 20 heavy (non-hydrogen) atoms. The lowest BCUT2D eigenvalue weighted by atomic mass is 10.1. The smallest absolute Gasteiger partial charge is 0.170 e. The molecule has 1 N–H and O–H groups in total. The van der Waals surface area contributed by atoms with E-state index in [1.54, 1.807) is 17.8 Å². The van der Waals surface area contributed by atoms with E-state index in [4.69, 9.17) is 5.11 Å². The molecule has 0 saturated heterocycles. The van der Waals surface area contributed by atoms with E-state index in [9.17, 15) is 4.39 Å². The Kier molecular flexibility index (Phi) is 5.53. The van der Waals surface area contributed by atoms with Gasteiger partial charge in [0, 0.05) is 17.7 Å². The zero-order chi connectivity index (χ0) is 14.4. The van der Waals surface area contributed by atoms with Gasteiger partial charge in [-0.05, 0) is 29.2 Å². The fourth-order valence-electron chi connectivity index (χ4n) is 1.51. The Bertz CT molecular complexity index is 646. The van der Waals surface area contributed by atoms with E-state index in [1.807, 2.05) is 6.92 Å². The SMILES string of the molecule is CCc1nsc(SCc2ccc(F)cc2C#CCO)n1. The summed E-state index contributed by atoms with van der Waals surface area (Å²) < 4.78 is 18.3. The van der Waals surface area contributed by atoms with Crippen molar-refractivity contribution in [1.82, 2.24) is 9.36 Å². The van der Waals surface area contributed by atoms with Crippen LogP contribution in [0.1, 0.15) is 23.9 Å². The lowest BCUT2D eigenvalue weighted by Crippen LogP contribution is -1.90. The maximum Gasteiger partial charge on any atom is 0.170 e. The molecule has 1 aromatic carbocycles. The number of aromatic nitrogens is 2. The van der Waals surface area contributed by atoms with Crippen LogP contribution < -0.4 is 0 Å². The molecule has 0 aliphatic rings. The molecule has 2 rings (SSSR count). The van der Waals surface area contributed by atoms with E-state index in [0.717, 1.165) is 22.1 Å². The molecule has 1 aromatic heterocycles. The molecular weight excluding hydrogens is 295 g/mol. The van der Waals surface area contributed by atoms with Crippen molar-refractivity contribution in [1.29, 1.82) is 0 Å². The zero-order valence-electron chi connectivity index (χ0n) is 10.9. The number of aliphatic hydroxyl groups excluding tert-OH is 1. The predicted molar refractivity (Wildman–Crippen MR) is 79.2 cm³/mol. The molecule has 0 saturated carbocycles. The lowest BCUT2D eigenvalue weighted by Gasteiger charge is -2.03. The number of nitrogens with zero attached hydrogens (tertiary/aromatic N) is 2. The van der Waals surface area contributed by atoms with Crippen molar-refractivity contribution in [3.8, 4) is 11.8 Å². The largest absolute Gasteiger partial charge is 0.384 e. The molecule has 104 valence electrons. The molecule has 0 radical (unpaired) electrons. The predicted octanol–water partition coefficient (Wildman–Crippen LogP) is 2.88. The molecule has 0 fully saturated rings. The van der Waals surface area contributed by atoms with E-state index in [1.165, 1.54) is 23.7 Å². The molecule has 0 atom stereocenters. The zero-order valence-corrected chi connectivity index (χ0v) is 12.5. The first-order valence-electron chi connectivity index (χ1n) is 6.06. The highest BCUT2D eigenvalue weighted by Gasteiger charge is 2.07. The quantitative estimate of drug-likeness (QED) is 0.697. The van der Waals surface area contributed by atoms with Crippen molar-refractivity contribution in [3.05, 3.63) is 41.0 Å². The second-order valence-corrected chi connectivity index (χ2v) is 5.85. The van der Waals surface area contributed by atoms with Gasteiger partial charge in [-0.3, -0.25) is 0 Å². The van der Waals surface area contributed by atoms with Gasteiger partial charge in [0.1, 0.15) is 18.2 Å². The van der Waals surface area contributed by atoms with Crippen molar-refractivity contribution in [3.63, 3.8) is 0 Å². The molecule has 0 unspecified atom stereocenters. The van der Waals surface area contributed by atoms with Crippen LogP contribution in [0.3, 0.4) is 0 Å². The number of rotatable bonds is 4. The maximum absolute atomic E-state index is 13.2. The number of benzene rings is 1. The fourth-order valence-corrected chi connectivity index (χ4v) is 3.20. The van der Waals surface area contributed by atoms with Gasteiger partial charge >= 0.3 is 0 Å². The number of hydrogen-bond donors (Lipinski definition) is 1. The number of aliphatic hydroxyl groups is 1. The van der Waals surface area contributed by atoms with Crippen LogP contribution in [0.5, 0.6) is 0 Å². The van der Waals surface area contributed by atoms with E-state index >= 15 is 0 Å². The summed E-state index contributed by atoms with van der Waals surface area (Å²) in [4.78, 5) is 4.37. The van der Waals surface area contributed by atoms with Crippen LogP contribution in [0.25, 0.3) is 0 Å². The first-order chi connectivity index (χ1) is 9.72. The molecule has 6 heteroatoms. The monoisotopic (exact) mass is 308 g/mol. The van der Waals surface area contributed by atoms with E-state index in [0.29, 0.717) is 11.3 Å². The fraction of sp³-hybridized carbons (Fsp3) is 0.286. The third-order valence-corrected chi connectivity index (χ3v) is 4.41. The Labute approximate surface area is 125 Å². The van der Waals surface area contributed by atoms with Gasteiger partial charge in [0.05, 0.1) is 0 Å². The third kappa shape index (κ3) is 4.04. The van der Waals surface area contributed by atoms with Gasteiger partial charge in [0.25, 0.3) is 0 Å². The molecule has 0 aliphatic carbocycles. The van der Waals surface area contributed by atoms with Gasteiger partial charge in [-0.2, -0.15) is 4.37 Å². The molecular formula is C14H13FN2OS2. The Hall–Kier alpha value is -1.42. The summed E-state index contributed by atoms with van der Waals surface area (Å²) in [6.45, 7) is 1.78. The van der Waals surface area contributed by atoms with Crippen LogP contribution in [0.2, 0.25) is 0 Å². The average molecular weight is 308 g/mol. The van der Waals surface area contributed by atoms with Gasteiger partial charge < -0.3 is 5.11 Å². The Morgan fingerprint density at radius 2 is 2.30 bits per heavy atom. The van der Waals surface area contributed by atoms with Crippen LogP contribution >= 0.6 is 23.3 Å². The minimum absolute atomic E-state index is 0.237. The van der Waals surface area contributed by atoms with Crippen molar-refractivity contribution < 1.29 is 9.50 Å². The van der Waals surface area contributed by atoms with Gasteiger partial charge in [-0.15, -0.1) is 0 Å². The van der Waals surface area contributed by atoms with E-state index in [2.05, 4.69) is 21.2 Å². The summed E-state index contributed by atoms with van der Waals surface area (Å²) in [5.74, 6) is 6.48. The molecule has 0 bridgehead atoms. The average Bonchev–Trinajstić information content (AvgIpc) is 2.92. The van der Waals surface area contributed by atoms with Crippen LogP contribution in [0.4, 0.5) is 4.39 Å². The number of hydrogen-bond acceptors (Lipinski definition) is 5. The van der Waals surface area contributed by atoms with Crippen LogP contribution in [0, 0.1) is 17.7 Å². The van der Waals surface area contributed by atoms with Gasteiger partial charge in [0.15, 0.2) is 4.34 Å². The highest BCUT2D eigenvalue weighted by Crippen LogP contribution is 2.26. The van der Waals surface area contributed by atoms with Crippen LogP contribution in [-0.4, -0.2) is 21.1 Å². The summed E-state index contributed by atoms with van der Waals surface area (Å²) in [6, 6.07) is 4.51. The van der Waals surface area contributed by atoms with Gasteiger partial charge in [0.2, 0.25) is 0 Å². The Morgan fingerprint density at radius 1 is 1.45 bits per heavy atom. The first-order valence-corrected chi connectivity index (χ1v) is 7.82. The summed E-state index contributed by atoms with van der Waals surface area (Å²) in [6.07, 6.45) is 0.820. The number of aryl methyl sites for hydroxylation is 1. The van der Waals surface area contributed by atoms with E-state index in [-0.39, 0.29) is 12.4 Å². The standard InChI is InChI=1S/C14H13FN2OS2/c1-2-13-16-14(20-17-13)19-9-11-5-6-12(15)8-10(11)4-3-7-18/h5-6,8,18H,2,7,9H2,1H3. The van der Waals surface area contributed by atoms with Gasteiger partial charge in [-0.25, -0.2) is 9.37 Å². The minimum Gasteiger partial charge on any atom is -0.384 e. The number of thioether (sulfide) groups is 1. The molecule has 0 aliphatic heterocycles. The molecule has 0 amide bonds. The molecule has 1 heterocycles. The van der Waals surface area contributed by atoms with Crippen molar-refractivity contribution in [2.24, 2.45) is 0 Å². The molecule has 0 spiro atoms. The Balaban J connectivity index is 2.12. The van der Waals surface area contributed by atoms with Gasteiger partial charge in [-0.1, -0.05) is 36.6 Å². The second-order valence-electron chi connectivity index (χ2n) is 3.88. The molecule has 3 nitrogen and oxygen atoms in total. The summed E-state index contributed by atoms with van der Waals surface area (Å²) >= 11 is 2.93. The third-order valence-electron chi connectivity index (χ3n) is 2.49. The highest BCUT2D eigenvalue weighted by atomic mass is 32.2. The highest BCUT2D eigenvalue weighted by molar-refractivity contribution is 8.00. The summed E-state index contributed by atoms with van der Waals surface area (Å²) in [5, 5.41) is 8.74. The summed E-state index contributed by atoms with van der Waals surface area (Å²) in [5.41, 5.74) is 1.53. The van der Waals surface area contributed by atoms with Crippen molar-refractivity contribution in [2.75, 3.05) is 6.61 Å². The lowest BCUT2D eigenvalue weighted by molar-refractivity contribution is 0.350. The summed E-state index contributed by atoms with van der Waals surface area (Å²) in [7, 11) is 0. The van der Waals surface area contributed by atoms with Crippen LogP contribution in [-0.2, 0) is 12.2 Å². The number of halogens is 1. The molecule has 2 aromatic rings. The maximum atomic E-state index is 13.2. The minimum atomic E-state index is -0.329. The first kappa shape index (κ1) is 15.0. The van der Waals surface area contributed by atoms with Crippen molar-refractivity contribution >= 4 is 23.3 Å². The second kappa shape index (κ2) is 7.39. The van der Waals surface area contributed by atoms with Crippen LogP contribution in [0.15, 0.2) is 22.5 Å². The Morgan fingerprint density at radius 3 is 3.00 bits per heavy atom. The topological polar surface area (TPSA) is 46.0 Å².